The summed E-state index contributed by atoms with van der Waals surface area (Å²) in [6, 6.07) is 16.4. The summed E-state index contributed by atoms with van der Waals surface area (Å²) in [6.07, 6.45) is 4.01. The molecule has 33 heavy (non-hydrogen) atoms. The first-order chi connectivity index (χ1) is 15.9. The van der Waals surface area contributed by atoms with Crippen molar-refractivity contribution in [3.63, 3.8) is 0 Å². The summed E-state index contributed by atoms with van der Waals surface area (Å²) in [5.41, 5.74) is 4.30. The van der Waals surface area contributed by atoms with E-state index in [-0.39, 0.29) is 11.9 Å². The Morgan fingerprint density at radius 1 is 1.18 bits per heavy atom. The van der Waals surface area contributed by atoms with E-state index < -0.39 is 0 Å². The molecule has 1 unspecified atom stereocenters. The molecule has 5 heteroatoms. The number of amides is 1. The highest BCUT2D eigenvalue weighted by atomic mass is 16.5. The zero-order valence-electron chi connectivity index (χ0n) is 20.0. The van der Waals surface area contributed by atoms with Gasteiger partial charge in [0.25, 0.3) is 0 Å². The molecule has 0 spiro atoms. The number of aromatic nitrogens is 1. The molecule has 1 aromatic heterocycles. The molecule has 2 aromatic carbocycles. The Morgan fingerprint density at radius 2 is 1.91 bits per heavy atom. The summed E-state index contributed by atoms with van der Waals surface area (Å²) in [6.45, 7) is 9.16. The summed E-state index contributed by atoms with van der Waals surface area (Å²) >= 11 is 0. The molecule has 1 N–H and O–H groups in total. The van der Waals surface area contributed by atoms with E-state index in [4.69, 9.17) is 4.74 Å². The standard InChI is InChI=1S/C28H33N3O2/c1-5-14-33-23-12-13-24-25(17-29)28(31(18(2)3)26(24)16-23)21-8-10-22(11-9-21)30-27(32)15-19(4)20-6-7-20/h8-13,16,18-20H,5-7,14-15H2,1-4H3,(H,30,32). The monoisotopic (exact) mass is 443 g/mol. The molecule has 0 bridgehead atoms. The molecule has 0 aliphatic heterocycles. The van der Waals surface area contributed by atoms with Gasteiger partial charge in [0.15, 0.2) is 0 Å². The topological polar surface area (TPSA) is 67.0 Å². The van der Waals surface area contributed by atoms with Gasteiger partial charge in [0.05, 0.1) is 23.4 Å². The van der Waals surface area contributed by atoms with Crippen molar-refractivity contribution < 1.29 is 9.53 Å². The Kier molecular flexibility index (Phi) is 6.74. The highest BCUT2D eigenvalue weighted by Gasteiger charge is 2.29. The SMILES string of the molecule is CCCOc1ccc2c(C#N)c(-c3ccc(NC(=O)CC(C)C4CC4)cc3)n(C(C)C)c2c1. The zero-order valence-corrected chi connectivity index (χ0v) is 20.0. The molecule has 172 valence electrons. The molecule has 3 aromatic rings. The zero-order chi connectivity index (χ0) is 23.5. The van der Waals surface area contributed by atoms with Crippen molar-refractivity contribution in [1.82, 2.24) is 4.57 Å². The van der Waals surface area contributed by atoms with Crippen LogP contribution in [-0.2, 0) is 4.79 Å². The minimum absolute atomic E-state index is 0.0655. The lowest BCUT2D eigenvalue weighted by molar-refractivity contribution is -0.117. The van der Waals surface area contributed by atoms with Gasteiger partial charge in [-0.1, -0.05) is 26.0 Å². The van der Waals surface area contributed by atoms with Gasteiger partial charge in [-0.2, -0.15) is 5.26 Å². The van der Waals surface area contributed by atoms with Crippen LogP contribution in [0.4, 0.5) is 5.69 Å². The van der Waals surface area contributed by atoms with Crippen LogP contribution in [0.1, 0.15) is 65.0 Å². The first kappa shape index (κ1) is 22.9. The van der Waals surface area contributed by atoms with Crippen LogP contribution < -0.4 is 10.1 Å². The first-order valence-corrected chi connectivity index (χ1v) is 12.0. The second kappa shape index (κ2) is 9.70. The number of benzene rings is 2. The van der Waals surface area contributed by atoms with Gasteiger partial charge in [0, 0.05) is 29.6 Å². The number of hydrogen-bond donors (Lipinski definition) is 1. The van der Waals surface area contributed by atoms with E-state index in [1.807, 2.05) is 42.5 Å². The Hall–Kier alpha value is -3.26. The molecule has 0 radical (unpaired) electrons. The molecule has 0 saturated heterocycles. The minimum Gasteiger partial charge on any atom is -0.494 e. The van der Waals surface area contributed by atoms with Crippen molar-refractivity contribution in [2.75, 3.05) is 11.9 Å². The lowest BCUT2D eigenvalue weighted by Gasteiger charge is -2.16. The number of rotatable bonds is 9. The summed E-state index contributed by atoms with van der Waals surface area (Å²) < 4.78 is 8.05. The highest BCUT2D eigenvalue weighted by molar-refractivity contribution is 5.96. The molecule has 1 aliphatic carbocycles. The molecule has 1 heterocycles. The second-order valence-electron chi connectivity index (χ2n) is 9.47. The highest BCUT2D eigenvalue weighted by Crippen LogP contribution is 2.39. The normalized spacial score (nSPS) is 14.3. The Balaban J connectivity index is 1.65. The number of anilines is 1. The molecule has 1 atom stereocenters. The van der Waals surface area contributed by atoms with E-state index in [2.05, 4.69) is 43.6 Å². The Morgan fingerprint density at radius 3 is 2.52 bits per heavy atom. The summed E-state index contributed by atoms with van der Waals surface area (Å²) in [7, 11) is 0. The fourth-order valence-electron chi connectivity index (χ4n) is 4.58. The van der Waals surface area contributed by atoms with E-state index in [0.29, 0.717) is 30.4 Å². The number of hydrogen-bond acceptors (Lipinski definition) is 3. The average molecular weight is 444 g/mol. The third-order valence-corrected chi connectivity index (χ3v) is 6.45. The predicted molar refractivity (Wildman–Crippen MR) is 133 cm³/mol. The quantitative estimate of drug-likeness (QED) is 0.390. The average Bonchev–Trinajstić information content (AvgIpc) is 3.59. The van der Waals surface area contributed by atoms with Gasteiger partial charge in [-0.05, 0) is 74.8 Å². The molecule has 1 aliphatic rings. The third kappa shape index (κ3) is 4.90. The van der Waals surface area contributed by atoms with E-state index in [1.54, 1.807) is 0 Å². The number of carbonyl (C=O) groups is 1. The van der Waals surface area contributed by atoms with Crippen molar-refractivity contribution in [3.8, 4) is 23.1 Å². The second-order valence-corrected chi connectivity index (χ2v) is 9.47. The summed E-state index contributed by atoms with van der Waals surface area (Å²) in [5.74, 6) is 2.04. The van der Waals surface area contributed by atoms with Gasteiger partial charge in [0.1, 0.15) is 11.8 Å². The van der Waals surface area contributed by atoms with Crippen molar-refractivity contribution in [2.24, 2.45) is 11.8 Å². The maximum Gasteiger partial charge on any atom is 0.224 e. The van der Waals surface area contributed by atoms with Crippen LogP contribution in [0.25, 0.3) is 22.2 Å². The predicted octanol–water partition coefficient (Wildman–Crippen LogP) is 6.92. The van der Waals surface area contributed by atoms with Gasteiger partial charge in [0.2, 0.25) is 5.91 Å². The number of nitrogens with zero attached hydrogens (tertiary/aromatic N) is 2. The maximum atomic E-state index is 12.4. The van der Waals surface area contributed by atoms with Crippen LogP contribution in [0.3, 0.4) is 0 Å². The first-order valence-electron chi connectivity index (χ1n) is 12.0. The van der Waals surface area contributed by atoms with E-state index >= 15 is 0 Å². The molecular weight excluding hydrogens is 410 g/mol. The molecule has 5 nitrogen and oxygen atoms in total. The van der Waals surface area contributed by atoms with Gasteiger partial charge >= 0.3 is 0 Å². The number of carbonyl (C=O) groups excluding carboxylic acids is 1. The number of nitrogens with one attached hydrogen (secondary N) is 1. The summed E-state index contributed by atoms with van der Waals surface area (Å²) in [5, 5.41) is 14.0. The Labute approximate surface area is 196 Å². The van der Waals surface area contributed by atoms with Crippen LogP contribution >= 0.6 is 0 Å². The number of ether oxygens (including phenoxy) is 1. The molecule has 1 fully saturated rings. The summed E-state index contributed by atoms with van der Waals surface area (Å²) in [4.78, 5) is 12.4. The van der Waals surface area contributed by atoms with Crippen LogP contribution in [0.15, 0.2) is 42.5 Å². The van der Waals surface area contributed by atoms with Gasteiger partial charge < -0.3 is 14.6 Å². The fraction of sp³-hybridized carbons (Fsp3) is 0.429. The van der Waals surface area contributed by atoms with E-state index in [0.717, 1.165) is 40.0 Å². The van der Waals surface area contributed by atoms with E-state index in [1.165, 1.54) is 12.8 Å². The number of nitriles is 1. The van der Waals surface area contributed by atoms with Crippen LogP contribution in [0.5, 0.6) is 5.75 Å². The lowest BCUT2D eigenvalue weighted by Crippen LogP contribution is -2.16. The van der Waals surface area contributed by atoms with Crippen molar-refractivity contribution >= 4 is 22.5 Å². The van der Waals surface area contributed by atoms with Crippen LogP contribution in [0, 0.1) is 23.2 Å². The lowest BCUT2D eigenvalue weighted by atomic mass is 10.0. The third-order valence-electron chi connectivity index (χ3n) is 6.45. The minimum atomic E-state index is 0.0655. The van der Waals surface area contributed by atoms with Gasteiger partial charge in [-0.15, -0.1) is 0 Å². The molecule has 1 saturated carbocycles. The largest absolute Gasteiger partial charge is 0.494 e. The van der Waals surface area contributed by atoms with Crippen molar-refractivity contribution in [2.45, 2.75) is 59.4 Å². The van der Waals surface area contributed by atoms with Gasteiger partial charge in [-0.3, -0.25) is 4.79 Å². The molecule has 4 rings (SSSR count). The van der Waals surface area contributed by atoms with Crippen molar-refractivity contribution in [3.05, 3.63) is 48.0 Å². The van der Waals surface area contributed by atoms with Gasteiger partial charge in [-0.25, -0.2) is 0 Å². The smallest absolute Gasteiger partial charge is 0.224 e. The Bertz CT molecular complexity index is 1180. The van der Waals surface area contributed by atoms with Crippen molar-refractivity contribution in [1.29, 1.82) is 5.26 Å². The molecular formula is C28H33N3O2. The fourth-order valence-corrected chi connectivity index (χ4v) is 4.58. The number of fused-ring (bicyclic) bond motifs is 1. The maximum absolute atomic E-state index is 12.4. The van der Waals surface area contributed by atoms with E-state index in [9.17, 15) is 10.1 Å². The van der Waals surface area contributed by atoms with Crippen LogP contribution in [0.2, 0.25) is 0 Å². The molecule has 1 amide bonds. The van der Waals surface area contributed by atoms with Crippen LogP contribution in [-0.4, -0.2) is 17.1 Å².